The summed E-state index contributed by atoms with van der Waals surface area (Å²) in [7, 11) is 0. The fraction of sp³-hybridized carbons (Fsp3) is 0.231. The summed E-state index contributed by atoms with van der Waals surface area (Å²) in [6.07, 6.45) is 3.61. The fourth-order valence-electron chi connectivity index (χ4n) is 4.64. The first-order valence-electron chi connectivity index (χ1n) is 11.8. The van der Waals surface area contributed by atoms with Crippen LogP contribution < -0.4 is 25.6 Å². The number of piperidine rings is 1. The minimum atomic E-state index is -0.358. The van der Waals surface area contributed by atoms with Gasteiger partial charge in [0.25, 0.3) is 5.91 Å². The van der Waals surface area contributed by atoms with E-state index in [1.165, 1.54) is 11.3 Å². The number of amides is 3. The van der Waals surface area contributed by atoms with Crippen molar-refractivity contribution in [2.75, 3.05) is 23.3 Å². The van der Waals surface area contributed by atoms with Crippen LogP contribution in [-0.4, -0.2) is 41.0 Å². The van der Waals surface area contributed by atoms with Gasteiger partial charge in [0.1, 0.15) is 15.5 Å². The van der Waals surface area contributed by atoms with Crippen LogP contribution in [-0.2, 0) is 0 Å². The lowest BCUT2D eigenvalue weighted by Gasteiger charge is -2.29. The Morgan fingerprint density at radius 3 is 2.81 bits per heavy atom. The second-order valence-electron chi connectivity index (χ2n) is 8.77. The third-order valence-corrected chi connectivity index (χ3v) is 7.42. The SMILES string of the molecule is Cc1nc(Oc2ccccc2)ccc1N1C(=O)Nc2c(C(=O)NC3CCCNC3)sc3nccc1c23. The number of aromatic nitrogens is 2. The molecule has 0 saturated carbocycles. The average Bonchev–Trinajstić information content (AvgIpc) is 3.26. The number of aryl methyl sites for hydroxylation is 1. The zero-order chi connectivity index (χ0) is 24.6. The van der Waals surface area contributed by atoms with Gasteiger partial charge in [0.05, 0.1) is 28.1 Å². The van der Waals surface area contributed by atoms with Crippen molar-refractivity contribution in [3.8, 4) is 11.6 Å². The zero-order valence-electron chi connectivity index (χ0n) is 19.6. The van der Waals surface area contributed by atoms with E-state index < -0.39 is 0 Å². The van der Waals surface area contributed by atoms with E-state index in [9.17, 15) is 9.59 Å². The van der Waals surface area contributed by atoms with E-state index in [1.807, 2.05) is 43.3 Å². The normalized spacial score (nSPS) is 17.1. The number of thiophene rings is 1. The standard InChI is InChI=1S/C26H24N6O3S/c1-15-18(9-10-20(29-15)35-17-7-3-2-4-8-17)32-19-11-13-28-25-21(19)22(31-26(32)34)23(36-25)24(33)30-16-6-5-12-27-14-16/h2-4,7-11,13,16,27H,5-6,12,14H2,1H3,(H,30,33)(H,31,34). The van der Waals surface area contributed by atoms with Crippen molar-refractivity contribution in [3.05, 3.63) is 65.3 Å². The summed E-state index contributed by atoms with van der Waals surface area (Å²) < 4.78 is 5.85. The molecular formula is C26H24N6O3S. The van der Waals surface area contributed by atoms with Crippen LogP contribution in [0.3, 0.4) is 0 Å². The van der Waals surface area contributed by atoms with Crippen LogP contribution >= 0.6 is 11.3 Å². The number of para-hydroxylation sites is 1. The van der Waals surface area contributed by atoms with Crippen molar-refractivity contribution in [2.45, 2.75) is 25.8 Å². The third kappa shape index (κ3) is 4.04. The lowest BCUT2D eigenvalue weighted by molar-refractivity contribution is 0.0935. The molecule has 0 bridgehead atoms. The predicted octanol–water partition coefficient (Wildman–Crippen LogP) is 4.96. The van der Waals surface area contributed by atoms with Crippen molar-refractivity contribution in [2.24, 2.45) is 0 Å². The number of nitrogens with one attached hydrogen (secondary N) is 3. The second-order valence-corrected chi connectivity index (χ2v) is 9.77. The number of benzene rings is 1. The molecule has 3 N–H and O–H groups in total. The van der Waals surface area contributed by atoms with E-state index >= 15 is 0 Å². The Balaban J connectivity index is 1.34. The molecule has 1 saturated heterocycles. The molecule has 36 heavy (non-hydrogen) atoms. The van der Waals surface area contributed by atoms with Gasteiger partial charge in [-0.05, 0) is 50.6 Å². The maximum Gasteiger partial charge on any atom is 0.331 e. The molecule has 6 rings (SSSR count). The molecule has 1 aromatic carbocycles. The van der Waals surface area contributed by atoms with Crippen molar-refractivity contribution in [3.63, 3.8) is 0 Å². The maximum absolute atomic E-state index is 13.4. The van der Waals surface area contributed by atoms with Gasteiger partial charge in [0.15, 0.2) is 0 Å². The number of carbonyl (C=O) groups excluding carboxylic acids is 2. The van der Waals surface area contributed by atoms with Gasteiger partial charge in [-0.15, -0.1) is 11.3 Å². The summed E-state index contributed by atoms with van der Waals surface area (Å²) in [5.74, 6) is 0.926. The Labute approximate surface area is 211 Å². The highest BCUT2D eigenvalue weighted by molar-refractivity contribution is 7.21. The van der Waals surface area contributed by atoms with Gasteiger partial charge in [-0.2, -0.15) is 0 Å². The van der Waals surface area contributed by atoms with Crippen molar-refractivity contribution < 1.29 is 14.3 Å². The molecular weight excluding hydrogens is 476 g/mol. The minimum Gasteiger partial charge on any atom is -0.439 e. The first-order valence-corrected chi connectivity index (χ1v) is 12.6. The second kappa shape index (κ2) is 9.21. The predicted molar refractivity (Wildman–Crippen MR) is 140 cm³/mol. The van der Waals surface area contributed by atoms with E-state index in [0.29, 0.717) is 44.1 Å². The Morgan fingerprint density at radius 1 is 1.17 bits per heavy atom. The third-order valence-electron chi connectivity index (χ3n) is 6.32. The van der Waals surface area contributed by atoms with Crippen LogP contribution in [0.5, 0.6) is 11.6 Å². The molecule has 10 heteroatoms. The van der Waals surface area contributed by atoms with Gasteiger partial charge in [0, 0.05) is 24.8 Å². The van der Waals surface area contributed by atoms with E-state index in [-0.39, 0.29) is 18.0 Å². The Bertz CT molecular complexity index is 1470. The molecule has 4 aromatic rings. The molecule has 182 valence electrons. The summed E-state index contributed by atoms with van der Waals surface area (Å²) in [5.41, 5.74) is 2.42. The molecule has 0 spiro atoms. The van der Waals surface area contributed by atoms with Gasteiger partial charge in [-0.3, -0.25) is 9.69 Å². The topological polar surface area (TPSA) is 108 Å². The molecule has 2 aliphatic rings. The Kier molecular flexibility index (Phi) is 5.74. The number of urea groups is 1. The number of rotatable bonds is 5. The monoisotopic (exact) mass is 500 g/mol. The number of carbonyl (C=O) groups is 2. The molecule has 3 aromatic heterocycles. The molecule has 3 amide bonds. The lowest BCUT2D eigenvalue weighted by atomic mass is 10.1. The number of ether oxygens (including phenoxy) is 1. The molecule has 1 unspecified atom stereocenters. The lowest BCUT2D eigenvalue weighted by Crippen LogP contribution is -2.45. The van der Waals surface area contributed by atoms with Crippen molar-refractivity contribution >= 4 is 50.6 Å². The first-order chi connectivity index (χ1) is 17.6. The number of hydrogen-bond acceptors (Lipinski definition) is 7. The van der Waals surface area contributed by atoms with E-state index in [1.54, 1.807) is 23.2 Å². The number of hydrogen-bond donors (Lipinski definition) is 3. The van der Waals surface area contributed by atoms with E-state index in [0.717, 1.165) is 31.3 Å². The van der Waals surface area contributed by atoms with Crippen molar-refractivity contribution in [1.82, 2.24) is 20.6 Å². The van der Waals surface area contributed by atoms with Crippen LogP contribution in [0.4, 0.5) is 21.9 Å². The van der Waals surface area contributed by atoms with E-state index in [4.69, 9.17) is 4.74 Å². The van der Waals surface area contributed by atoms with Gasteiger partial charge in [0.2, 0.25) is 5.88 Å². The highest BCUT2D eigenvalue weighted by atomic mass is 32.1. The molecule has 2 aliphatic heterocycles. The molecule has 1 atom stereocenters. The average molecular weight is 501 g/mol. The summed E-state index contributed by atoms with van der Waals surface area (Å²) in [5, 5.41) is 10.1. The summed E-state index contributed by atoms with van der Waals surface area (Å²) in [4.78, 5) is 38.3. The molecule has 0 radical (unpaired) electrons. The number of nitrogens with zero attached hydrogens (tertiary/aromatic N) is 3. The summed E-state index contributed by atoms with van der Waals surface area (Å²) >= 11 is 1.29. The first kappa shape index (κ1) is 22.4. The van der Waals surface area contributed by atoms with Gasteiger partial charge in [-0.25, -0.2) is 14.8 Å². The largest absolute Gasteiger partial charge is 0.439 e. The van der Waals surface area contributed by atoms with Crippen LogP contribution in [0.25, 0.3) is 10.2 Å². The van der Waals surface area contributed by atoms with Gasteiger partial charge < -0.3 is 20.7 Å². The van der Waals surface area contributed by atoms with Crippen LogP contribution in [0, 0.1) is 6.92 Å². The number of anilines is 3. The number of pyridine rings is 2. The van der Waals surface area contributed by atoms with Crippen LogP contribution in [0.1, 0.15) is 28.2 Å². The Morgan fingerprint density at radius 2 is 2.03 bits per heavy atom. The Hall–Kier alpha value is -4.02. The van der Waals surface area contributed by atoms with Crippen LogP contribution in [0.15, 0.2) is 54.7 Å². The van der Waals surface area contributed by atoms with Crippen LogP contribution in [0.2, 0.25) is 0 Å². The molecule has 0 aliphatic carbocycles. The molecule has 9 nitrogen and oxygen atoms in total. The smallest absolute Gasteiger partial charge is 0.331 e. The van der Waals surface area contributed by atoms with E-state index in [2.05, 4.69) is 25.9 Å². The highest BCUT2D eigenvalue weighted by Crippen LogP contribution is 2.46. The molecule has 1 fully saturated rings. The highest BCUT2D eigenvalue weighted by Gasteiger charge is 2.34. The molecule has 5 heterocycles. The minimum absolute atomic E-state index is 0.0669. The zero-order valence-corrected chi connectivity index (χ0v) is 20.4. The fourth-order valence-corrected chi connectivity index (χ4v) is 5.66. The van der Waals surface area contributed by atoms with Gasteiger partial charge in [-0.1, -0.05) is 18.2 Å². The summed E-state index contributed by atoms with van der Waals surface area (Å²) in [6.45, 7) is 3.54. The quantitative estimate of drug-likeness (QED) is 0.358. The van der Waals surface area contributed by atoms with Crippen molar-refractivity contribution in [1.29, 1.82) is 0 Å². The summed E-state index contributed by atoms with van der Waals surface area (Å²) in [6, 6.07) is 14.5. The van der Waals surface area contributed by atoms with Gasteiger partial charge >= 0.3 is 6.03 Å². The maximum atomic E-state index is 13.4.